The molecule has 1 saturated carbocycles. The maximum Gasteiger partial charge on any atom is 0.0436 e. The molecule has 1 aliphatic carbocycles. The highest BCUT2D eigenvalue weighted by Crippen LogP contribution is 2.38. The molecule has 1 aromatic rings. The highest BCUT2D eigenvalue weighted by Gasteiger charge is 2.30. The van der Waals surface area contributed by atoms with Crippen LogP contribution in [0.5, 0.6) is 0 Å². The first kappa shape index (κ1) is 14.0. The van der Waals surface area contributed by atoms with Crippen LogP contribution >= 0.6 is 11.3 Å². The molecule has 1 aliphatic rings. The lowest BCUT2D eigenvalue weighted by atomic mass is 9.72. The molecule has 1 aromatic heterocycles. The zero-order valence-electron chi connectivity index (χ0n) is 11.4. The smallest absolute Gasteiger partial charge is 0.0436 e. The van der Waals surface area contributed by atoms with Crippen molar-refractivity contribution in [1.82, 2.24) is 5.32 Å². The monoisotopic (exact) mass is 267 g/mol. The number of aryl methyl sites for hydroxylation is 1. The Morgan fingerprint density at radius 3 is 2.67 bits per heavy atom. The summed E-state index contributed by atoms with van der Waals surface area (Å²) in [6, 6.07) is 4.40. The van der Waals surface area contributed by atoms with Crippen LogP contribution in [0.4, 0.5) is 0 Å². The molecule has 3 heteroatoms. The van der Waals surface area contributed by atoms with Gasteiger partial charge in [0.25, 0.3) is 0 Å². The minimum atomic E-state index is 0.333. The van der Waals surface area contributed by atoms with Crippen LogP contribution in [0.25, 0.3) is 0 Å². The Morgan fingerprint density at radius 1 is 1.28 bits per heavy atom. The summed E-state index contributed by atoms with van der Waals surface area (Å²) in [6.07, 6.45) is 7.56. The molecule has 0 atom stereocenters. The maximum absolute atomic E-state index is 9.28. The molecule has 2 rings (SSSR count). The van der Waals surface area contributed by atoms with E-state index in [4.69, 9.17) is 0 Å². The Hall–Kier alpha value is -0.380. The zero-order chi connectivity index (χ0) is 12.8. The van der Waals surface area contributed by atoms with Gasteiger partial charge in [-0.2, -0.15) is 0 Å². The number of aliphatic hydroxyl groups is 1. The fourth-order valence-electron chi connectivity index (χ4n) is 3.09. The Bertz CT molecular complexity index is 350. The lowest BCUT2D eigenvalue weighted by Crippen LogP contribution is -2.36. The van der Waals surface area contributed by atoms with Crippen LogP contribution in [0, 0.1) is 12.3 Å². The molecule has 0 radical (unpaired) electrons. The molecule has 1 heterocycles. The van der Waals surface area contributed by atoms with Crippen LogP contribution in [-0.4, -0.2) is 18.3 Å². The predicted molar refractivity (Wildman–Crippen MR) is 78.0 cm³/mol. The molecule has 102 valence electrons. The molecule has 0 aromatic carbocycles. The van der Waals surface area contributed by atoms with Crippen molar-refractivity contribution in [3.8, 4) is 0 Å². The molecule has 0 amide bonds. The normalized spacial score (nSPS) is 19.0. The standard InChI is InChI=1S/C15H25NOS/c1-13-5-6-14(18-13)11-16-12-15(9-10-17)7-3-2-4-8-15/h5-6,16-17H,2-4,7-12H2,1H3. The van der Waals surface area contributed by atoms with Crippen molar-refractivity contribution in [2.45, 2.75) is 52.0 Å². The Balaban J connectivity index is 1.82. The third kappa shape index (κ3) is 3.81. The van der Waals surface area contributed by atoms with Gasteiger partial charge in [-0.05, 0) is 43.7 Å². The molecule has 1 fully saturated rings. The van der Waals surface area contributed by atoms with E-state index < -0.39 is 0 Å². The Labute approximate surface area is 114 Å². The SMILES string of the molecule is Cc1ccc(CNCC2(CCO)CCCCC2)s1. The first-order chi connectivity index (χ1) is 8.74. The largest absolute Gasteiger partial charge is 0.396 e. The van der Waals surface area contributed by atoms with Crippen molar-refractivity contribution in [1.29, 1.82) is 0 Å². The third-order valence-electron chi connectivity index (χ3n) is 4.15. The molecule has 0 aliphatic heterocycles. The summed E-state index contributed by atoms with van der Waals surface area (Å²) >= 11 is 1.87. The summed E-state index contributed by atoms with van der Waals surface area (Å²) in [7, 11) is 0. The minimum Gasteiger partial charge on any atom is -0.396 e. The van der Waals surface area contributed by atoms with E-state index in [9.17, 15) is 5.11 Å². The van der Waals surface area contributed by atoms with Gasteiger partial charge in [0.05, 0.1) is 0 Å². The van der Waals surface area contributed by atoms with Gasteiger partial charge in [0.15, 0.2) is 0 Å². The van der Waals surface area contributed by atoms with E-state index in [1.54, 1.807) is 0 Å². The van der Waals surface area contributed by atoms with Crippen molar-refractivity contribution in [2.24, 2.45) is 5.41 Å². The summed E-state index contributed by atoms with van der Waals surface area (Å²) in [5, 5.41) is 12.9. The van der Waals surface area contributed by atoms with Crippen molar-refractivity contribution in [3.05, 3.63) is 21.9 Å². The number of hydrogen-bond donors (Lipinski definition) is 2. The lowest BCUT2D eigenvalue weighted by Gasteiger charge is -2.37. The van der Waals surface area contributed by atoms with E-state index in [1.807, 2.05) is 11.3 Å². The number of hydrogen-bond acceptors (Lipinski definition) is 3. The minimum absolute atomic E-state index is 0.333. The first-order valence-electron chi connectivity index (χ1n) is 7.11. The predicted octanol–water partition coefficient (Wildman–Crippen LogP) is 3.48. The number of nitrogens with one attached hydrogen (secondary N) is 1. The average Bonchev–Trinajstić information content (AvgIpc) is 2.77. The van der Waals surface area contributed by atoms with Crippen LogP contribution < -0.4 is 5.32 Å². The van der Waals surface area contributed by atoms with Crippen molar-refractivity contribution >= 4 is 11.3 Å². The molecular weight excluding hydrogens is 242 g/mol. The summed E-state index contributed by atoms with van der Waals surface area (Å²) in [4.78, 5) is 2.80. The maximum atomic E-state index is 9.28. The van der Waals surface area contributed by atoms with Gasteiger partial charge < -0.3 is 10.4 Å². The van der Waals surface area contributed by atoms with E-state index in [0.29, 0.717) is 12.0 Å². The topological polar surface area (TPSA) is 32.3 Å². The van der Waals surface area contributed by atoms with E-state index in [-0.39, 0.29) is 0 Å². The van der Waals surface area contributed by atoms with Crippen LogP contribution in [0.3, 0.4) is 0 Å². The molecule has 2 N–H and O–H groups in total. The van der Waals surface area contributed by atoms with Crippen LogP contribution in [0.2, 0.25) is 0 Å². The second-order valence-electron chi connectivity index (χ2n) is 5.65. The molecule has 18 heavy (non-hydrogen) atoms. The summed E-state index contributed by atoms with van der Waals surface area (Å²) < 4.78 is 0. The fraction of sp³-hybridized carbons (Fsp3) is 0.733. The van der Waals surface area contributed by atoms with Gasteiger partial charge in [0, 0.05) is 29.5 Å². The van der Waals surface area contributed by atoms with Crippen LogP contribution in [0.15, 0.2) is 12.1 Å². The first-order valence-corrected chi connectivity index (χ1v) is 7.93. The second kappa shape index (κ2) is 6.69. The van der Waals surface area contributed by atoms with Gasteiger partial charge in [-0.15, -0.1) is 11.3 Å². The summed E-state index contributed by atoms with van der Waals surface area (Å²) in [5.74, 6) is 0. The van der Waals surface area contributed by atoms with Crippen molar-refractivity contribution in [2.75, 3.05) is 13.2 Å². The quantitative estimate of drug-likeness (QED) is 0.827. The Morgan fingerprint density at radius 2 is 2.06 bits per heavy atom. The molecule has 2 nitrogen and oxygen atoms in total. The van der Waals surface area contributed by atoms with E-state index in [0.717, 1.165) is 19.5 Å². The van der Waals surface area contributed by atoms with Gasteiger partial charge in [0.1, 0.15) is 0 Å². The van der Waals surface area contributed by atoms with Crippen molar-refractivity contribution in [3.63, 3.8) is 0 Å². The van der Waals surface area contributed by atoms with Crippen molar-refractivity contribution < 1.29 is 5.11 Å². The molecule has 0 saturated heterocycles. The molecular formula is C15H25NOS. The number of thiophene rings is 1. The van der Waals surface area contributed by atoms with Gasteiger partial charge in [-0.1, -0.05) is 19.3 Å². The average molecular weight is 267 g/mol. The molecule has 0 unspecified atom stereocenters. The molecule has 0 spiro atoms. The van der Waals surface area contributed by atoms with Gasteiger partial charge in [-0.25, -0.2) is 0 Å². The van der Waals surface area contributed by atoms with E-state index >= 15 is 0 Å². The number of aliphatic hydroxyl groups excluding tert-OH is 1. The third-order valence-corrected chi connectivity index (χ3v) is 5.15. The highest BCUT2D eigenvalue weighted by molar-refractivity contribution is 7.11. The van der Waals surface area contributed by atoms with Gasteiger partial charge in [-0.3, -0.25) is 0 Å². The molecule has 0 bridgehead atoms. The van der Waals surface area contributed by atoms with Crippen LogP contribution in [0.1, 0.15) is 48.3 Å². The van der Waals surface area contributed by atoms with Gasteiger partial charge >= 0.3 is 0 Å². The summed E-state index contributed by atoms with van der Waals surface area (Å²) in [5.41, 5.74) is 0.360. The second-order valence-corrected chi connectivity index (χ2v) is 7.02. The Kier molecular flexibility index (Phi) is 5.22. The van der Waals surface area contributed by atoms with Gasteiger partial charge in [0.2, 0.25) is 0 Å². The zero-order valence-corrected chi connectivity index (χ0v) is 12.2. The van der Waals surface area contributed by atoms with E-state index in [1.165, 1.54) is 41.9 Å². The summed E-state index contributed by atoms with van der Waals surface area (Å²) in [6.45, 7) is 4.53. The van der Waals surface area contributed by atoms with E-state index in [2.05, 4.69) is 24.4 Å². The highest BCUT2D eigenvalue weighted by atomic mass is 32.1. The van der Waals surface area contributed by atoms with Crippen LogP contribution in [-0.2, 0) is 6.54 Å². The lowest BCUT2D eigenvalue weighted by molar-refractivity contribution is 0.126. The number of rotatable bonds is 6. The fourth-order valence-corrected chi connectivity index (χ4v) is 3.95.